The molecule has 41 heavy (non-hydrogen) atoms. The number of carbonyl (C=O) groups is 2. The average molecular weight is 575 g/mol. The number of likely N-dealkylation sites (tertiary alicyclic amines) is 1. The molecule has 7 nitrogen and oxygen atoms in total. The molecule has 0 aliphatic carbocycles. The first-order chi connectivity index (χ1) is 19.6. The summed E-state index contributed by atoms with van der Waals surface area (Å²) in [4.78, 5) is 31.4. The Balaban J connectivity index is 1.72. The molecule has 0 N–H and O–H groups in total. The fourth-order valence-electron chi connectivity index (χ4n) is 5.79. The van der Waals surface area contributed by atoms with Crippen LogP contribution in [0.4, 0.5) is 5.82 Å². The monoisotopic (exact) mass is 574 g/mol. The van der Waals surface area contributed by atoms with Gasteiger partial charge in [-0.3, -0.25) is 14.5 Å². The number of piperidine rings is 1. The highest BCUT2D eigenvalue weighted by atomic mass is 32.2. The van der Waals surface area contributed by atoms with E-state index in [1.54, 1.807) is 23.8 Å². The Hall–Kier alpha value is -3.26. The third-order valence-electron chi connectivity index (χ3n) is 8.25. The number of hydrogen-bond donors (Lipinski definition) is 0. The maximum absolute atomic E-state index is 14.0. The molecule has 1 atom stereocenters. The van der Waals surface area contributed by atoms with Gasteiger partial charge in [0.2, 0.25) is 11.8 Å². The van der Waals surface area contributed by atoms with Crippen LogP contribution in [0.1, 0.15) is 75.1 Å². The quantitative estimate of drug-likeness (QED) is 0.352. The number of para-hydroxylation sites is 1. The van der Waals surface area contributed by atoms with Crippen molar-refractivity contribution in [2.45, 2.75) is 64.5 Å². The topological polar surface area (TPSA) is 67.7 Å². The molecule has 218 valence electrons. The summed E-state index contributed by atoms with van der Waals surface area (Å²) in [5.41, 5.74) is 4.81. The van der Waals surface area contributed by atoms with Crippen molar-refractivity contribution < 1.29 is 14.3 Å². The van der Waals surface area contributed by atoms with Gasteiger partial charge in [-0.15, -0.1) is 11.8 Å². The van der Waals surface area contributed by atoms with Crippen molar-refractivity contribution in [1.29, 1.82) is 0 Å². The Morgan fingerprint density at radius 1 is 1.07 bits per heavy atom. The number of nitrogens with zero attached hydrogens (tertiary/aromatic N) is 4. The predicted octanol–water partition coefficient (Wildman–Crippen LogP) is 6.17. The molecule has 2 amide bonds. The molecule has 1 aromatic heterocycles. The Morgan fingerprint density at radius 2 is 1.76 bits per heavy atom. The minimum absolute atomic E-state index is 0.00191. The molecular weight excluding hydrogens is 532 g/mol. The highest BCUT2D eigenvalue weighted by Gasteiger charge is 2.40. The largest absolute Gasteiger partial charge is 0.497 e. The van der Waals surface area contributed by atoms with Crippen LogP contribution in [0, 0.1) is 5.92 Å². The summed E-state index contributed by atoms with van der Waals surface area (Å²) in [6, 6.07) is 16.3. The van der Waals surface area contributed by atoms with Crippen molar-refractivity contribution in [2.75, 3.05) is 37.4 Å². The first kappa shape index (κ1) is 29.2. The van der Waals surface area contributed by atoms with Gasteiger partial charge in [0.05, 0.1) is 29.5 Å². The van der Waals surface area contributed by atoms with Crippen molar-refractivity contribution in [1.82, 2.24) is 14.7 Å². The second-order valence-electron chi connectivity index (χ2n) is 12.2. The number of aryl methyl sites for hydroxylation is 1. The van der Waals surface area contributed by atoms with Crippen LogP contribution >= 0.6 is 11.8 Å². The van der Waals surface area contributed by atoms with E-state index in [2.05, 4.69) is 58.9 Å². The van der Waals surface area contributed by atoms with E-state index in [0.29, 0.717) is 11.7 Å². The maximum Gasteiger partial charge on any atom is 0.242 e. The lowest BCUT2D eigenvalue weighted by Crippen LogP contribution is -2.46. The summed E-state index contributed by atoms with van der Waals surface area (Å²) >= 11 is 1.61. The molecule has 2 aliphatic heterocycles. The molecule has 0 spiro atoms. The van der Waals surface area contributed by atoms with E-state index in [9.17, 15) is 9.59 Å². The van der Waals surface area contributed by atoms with Crippen molar-refractivity contribution in [3.8, 4) is 11.4 Å². The highest BCUT2D eigenvalue weighted by molar-refractivity contribution is 8.00. The SMILES string of the molecule is CCc1ccccc1-n1nc(C(C)(C)C)c2c1N(CC(=O)N1CCC(C)CC1)C(=O)CS[C@H]2c1ccc(OC)cc1. The van der Waals surface area contributed by atoms with E-state index in [0.717, 1.165) is 66.2 Å². The number of hydrogen-bond acceptors (Lipinski definition) is 5. The number of benzene rings is 2. The van der Waals surface area contributed by atoms with E-state index < -0.39 is 0 Å². The molecule has 0 radical (unpaired) electrons. The van der Waals surface area contributed by atoms with Gasteiger partial charge in [-0.25, -0.2) is 4.68 Å². The molecular formula is C33H42N4O3S. The fraction of sp³-hybridized carbons (Fsp3) is 0.485. The predicted molar refractivity (Wildman–Crippen MR) is 166 cm³/mol. The van der Waals surface area contributed by atoms with Gasteiger partial charge in [-0.05, 0) is 54.5 Å². The Morgan fingerprint density at radius 3 is 2.39 bits per heavy atom. The lowest BCUT2D eigenvalue weighted by Gasteiger charge is -2.32. The minimum Gasteiger partial charge on any atom is -0.497 e. The molecule has 0 bridgehead atoms. The van der Waals surface area contributed by atoms with Gasteiger partial charge in [0, 0.05) is 24.1 Å². The first-order valence-corrected chi connectivity index (χ1v) is 15.7. The van der Waals surface area contributed by atoms with E-state index in [1.807, 2.05) is 33.8 Å². The molecule has 8 heteroatoms. The van der Waals surface area contributed by atoms with E-state index in [4.69, 9.17) is 9.84 Å². The van der Waals surface area contributed by atoms with Crippen LogP contribution in [0.5, 0.6) is 5.75 Å². The van der Waals surface area contributed by atoms with Crippen LogP contribution in [0.3, 0.4) is 0 Å². The molecule has 5 rings (SSSR count). The van der Waals surface area contributed by atoms with Crippen LogP contribution in [-0.2, 0) is 21.4 Å². The van der Waals surface area contributed by atoms with E-state index in [-0.39, 0.29) is 34.8 Å². The Labute approximate surface area is 248 Å². The zero-order chi connectivity index (χ0) is 29.3. The second kappa shape index (κ2) is 11.9. The molecule has 0 saturated carbocycles. The van der Waals surface area contributed by atoms with Crippen LogP contribution < -0.4 is 9.64 Å². The normalized spacial score (nSPS) is 18.3. The first-order valence-electron chi connectivity index (χ1n) is 14.7. The molecule has 1 saturated heterocycles. The van der Waals surface area contributed by atoms with Crippen LogP contribution in [0.2, 0.25) is 0 Å². The van der Waals surface area contributed by atoms with Crippen molar-refractivity contribution in [2.24, 2.45) is 5.92 Å². The van der Waals surface area contributed by atoms with Gasteiger partial charge in [0.25, 0.3) is 0 Å². The molecule has 1 fully saturated rings. The fourth-order valence-corrected chi connectivity index (χ4v) is 6.99. The molecule has 2 aliphatic rings. The van der Waals surface area contributed by atoms with Crippen molar-refractivity contribution >= 4 is 29.4 Å². The number of rotatable bonds is 6. The lowest BCUT2D eigenvalue weighted by atomic mass is 9.87. The number of carbonyl (C=O) groups excluding carboxylic acids is 2. The van der Waals surface area contributed by atoms with Gasteiger partial charge in [-0.2, -0.15) is 5.10 Å². The van der Waals surface area contributed by atoms with E-state index in [1.165, 1.54) is 0 Å². The van der Waals surface area contributed by atoms with Gasteiger partial charge in [0.15, 0.2) is 0 Å². The molecule has 3 aromatic rings. The number of fused-ring (bicyclic) bond motifs is 1. The third-order valence-corrected chi connectivity index (χ3v) is 9.50. The standard InChI is InChI=1S/C33H42N4O3S/c1-7-23-10-8-9-11-26(23)37-32-29(31(34-37)33(3,4)5)30(24-12-14-25(40-6)15-13-24)41-21-28(39)36(32)20-27(38)35-18-16-22(2)17-19-35/h8-15,22,30H,7,16-21H2,1-6H3/t30-/m0/s1. The number of ether oxygens (including phenoxy) is 1. The second-order valence-corrected chi connectivity index (χ2v) is 13.3. The number of aromatic nitrogens is 2. The van der Waals surface area contributed by atoms with Gasteiger partial charge >= 0.3 is 0 Å². The maximum atomic E-state index is 14.0. The van der Waals surface area contributed by atoms with Gasteiger partial charge in [0.1, 0.15) is 18.1 Å². The molecule has 2 aromatic carbocycles. The number of anilines is 1. The smallest absolute Gasteiger partial charge is 0.242 e. The zero-order valence-electron chi connectivity index (χ0n) is 25.1. The van der Waals surface area contributed by atoms with Crippen LogP contribution in [0.15, 0.2) is 48.5 Å². The summed E-state index contributed by atoms with van der Waals surface area (Å²) in [7, 11) is 1.66. The molecule has 3 heterocycles. The summed E-state index contributed by atoms with van der Waals surface area (Å²) < 4.78 is 7.38. The number of methoxy groups -OCH3 is 1. The zero-order valence-corrected chi connectivity index (χ0v) is 26.0. The van der Waals surface area contributed by atoms with E-state index >= 15 is 0 Å². The summed E-state index contributed by atoms with van der Waals surface area (Å²) in [5, 5.41) is 5.14. The van der Waals surface area contributed by atoms with Gasteiger partial charge in [-0.1, -0.05) is 65.0 Å². The Kier molecular flexibility index (Phi) is 8.50. The summed E-state index contributed by atoms with van der Waals surface area (Å²) in [5.74, 6) is 2.32. The highest BCUT2D eigenvalue weighted by Crippen LogP contribution is 2.48. The summed E-state index contributed by atoms with van der Waals surface area (Å²) in [6.07, 6.45) is 2.82. The van der Waals surface area contributed by atoms with Crippen LogP contribution in [-0.4, -0.2) is 59.0 Å². The number of thioether (sulfide) groups is 1. The summed E-state index contributed by atoms with van der Waals surface area (Å²) in [6.45, 7) is 12.4. The lowest BCUT2D eigenvalue weighted by molar-refractivity contribution is -0.132. The minimum atomic E-state index is -0.298. The average Bonchev–Trinajstić information content (AvgIpc) is 3.31. The third kappa shape index (κ3) is 5.89. The molecule has 0 unspecified atom stereocenters. The van der Waals surface area contributed by atoms with Crippen molar-refractivity contribution in [3.05, 3.63) is 70.9 Å². The van der Waals surface area contributed by atoms with Gasteiger partial charge < -0.3 is 9.64 Å². The number of amides is 2. The van der Waals surface area contributed by atoms with Crippen LogP contribution in [0.25, 0.3) is 5.69 Å². The Bertz CT molecular complexity index is 1400. The van der Waals surface area contributed by atoms with Crippen molar-refractivity contribution in [3.63, 3.8) is 0 Å².